The molecule has 0 atom stereocenters. The Hall–Kier alpha value is -1.81. The first-order valence-electron chi connectivity index (χ1n) is 4.47. The molecule has 0 radical (unpaired) electrons. The van der Waals surface area contributed by atoms with E-state index in [9.17, 15) is 0 Å². The number of imidazole rings is 2. The highest BCUT2D eigenvalue weighted by Gasteiger charge is 2.03. The average molecular weight is 219 g/mol. The van der Waals surface area contributed by atoms with E-state index < -0.39 is 0 Å². The monoisotopic (exact) mass is 218 g/mol. The molecule has 0 saturated carbocycles. The molecule has 74 valence electrons. The van der Waals surface area contributed by atoms with Crippen LogP contribution in [0.1, 0.15) is 0 Å². The van der Waals surface area contributed by atoms with Gasteiger partial charge in [0.2, 0.25) is 0 Å². The van der Waals surface area contributed by atoms with Crippen molar-refractivity contribution in [3.05, 3.63) is 36.0 Å². The Balaban J connectivity index is 2.18. The second-order valence-electron chi connectivity index (χ2n) is 3.22. The Bertz CT molecular complexity index is 610. The quantitative estimate of drug-likeness (QED) is 0.660. The highest BCUT2D eigenvalue weighted by atomic mass is 35.5. The summed E-state index contributed by atoms with van der Waals surface area (Å²) < 4.78 is 0. The van der Waals surface area contributed by atoms with Gasteiger partial charge in [0.05, 0.1) is 29.3 Å². The van der Waals surface area contributed by atoms with Crippen LogP contribution in [0.2, 0.25) is 5.28 Å². The van der Waals surface area contributed by atoms with E-state index in [2.05, 4.69) is 19.9 Å². The zero-order chi connectivity index (χ0) is 10.3. The number of rotatable bonds is 1. The largest absolute Gasteiger partial charge is 0.345 e. The van der Waals surface area contributed by atoms with Gasteiger partial charge in [0, 0.05) is 5.56 Å². The number of hydrogen-bond donors (Lipinski definition) is 2. The average Bonchev–Trinajstić information content (AvgIpc) is 2.84. The van der Waals surface area contributed by atoms with Crippen LogP contribution in [0.15, 0.2) is 30.7 Å². The molecular weight excluding hydrogens is 212 g/mol. The fourth-order valence-corrected chi connectivity index (χ4v) is 1.70. The Morgan fingerprint density at radius 2 is 2.13 bits per heavy atom. The number of halogens is 1. The number of nitrogens with one attached hydrogen (secondary N) is 2. The summed E-state index contributed by atoms with van der Waals surface area (Å²) >= 11 is 5.72. The molecule has 1 aromatic carbocycles. The highest BCUT2D eigenvalue weighted by Crippen LogP contribution is 2.21. The van der Waals surface area contributed by atoms with Gasteiger partial charge in [0.1, 0.15) is 0 Å². The second kappa shape index (κ2) is 3.10. The zero-order valence-corrected chi connectivity index (χ0v) is 8.42. The summed E-state index contributed by atoms with van der Waals surface area (Å²) in [6.45, 7) is 0. The van der Waals surface area contributed by atoms with Crippen molar-refractivity contribution >= 4 is 22.6 Å². The summed E-state index contributed by atoms with van der Waals surface area (Å²) in [5.74, 6) is 0. The Kier molecular flexibility index (Phi) is 1.76. The van der Waals surface area contributed by atoms with Crippen LogP contribution in [0.4, 0.5) is 0 Å². The molecule has 3 aromatic rings. The molecule has 0 aliphatic carbocycles. The van der Waals surface area contributed by atoms with Crippen molar-refractivity contribution in [3.63, 3.8) is 0 Å². The summed E-state index contributed by atoms with van der Waals surface area (Å²) in [5.41, 5.74) is 3.88. The van der Waals surface area contributed by atoms with E-state index in [-0.39, 0.29) is 0 Å². The van der Waals surface area contributed by atoms with Crippen LogP contribution in [-0.4, -0.2) is 19.9 Å². The number of aromatic amines is 2. The fourth-order valence-electron chi connectivity index (χ4n) is 1.55. The van der Waals surface area contributed by atoms with Crippen molar-refractivity contribution in [2.24, 2.45) is 0 Å². The number of benzene rings is 1. The van der Waals surface area contributed by atoms with E-state index in [1.165, 1.54) is 0 Å². The number of hydrogen-bond acceptors (Lipinski definition) is 2. The SMILES string of the molecule is Clc1ncc(-c2ccc3nc[nH]c3c2)[nH]1. The van der Waals surface area contributed by atoms with Crippen LogP contribution in [0.3, 0.4) is 0 Å². The van der Waals surface area contributed by atoms with Gasteiger partial charge in [-0.05, 0) is 23.7 Å². The standard InChI is InChI=1S/C10H7ClN4/c11-10-12-4-9(15-10)6-1-2-7-8(3-6)14-5-13-7/h1-5H,(H,12,15)(H,13,14). The van der Waals surface area contributed by atoms with Gasteiger partial charge in [-0.25, -0.2) is 9.97 Å². The summed E-state index contributed by atoms with van der Waals surface area (Å²) in [5, 5.41) is 0.398. The zero-order valence-electron chi connectivity index (χ0n) is 7.66. The van der Waals surface area contributed by atoms with Gasteiger partial charge in [-0.1, -0.05) is 6.07 Å². The molecule has 0 bridgehead atoms. The number of fused-ring (bicyclic) bond motifs is 1. The fraction of sp³-hybridized carbons (Fsp3) is 0. The molecule has 4 nitrogen and oxygen atoms in total. The second-order valence-corrected chi connectivity index (χ2v) is 3.58. The van der Waals surface area contributed by atoms with Crippen molar-refractivity contribution in [2.45, 2.75) is 0 Å². The van der Waals surface area contributed by atoms with Crippen LogP contribution >= 0.6 is 11.6 Å². The molecule has 0 spiro atoms. The van der Waals surface area contributed by atoms with E-state index in [1.807, 2.05) is 18.2 Å². The molecule has 2 N–H and O–H groups in total. The van der Waals surface area contributed by atoms with Crippen LogP contribution in [0.5, 0.6) is 0 Å². The van der Waals surface area contributed by atoms with E-state index in [4.69, 9.17) is 11.6 Å². The predicted octanol–water partition coefficient (Wildman–Crippen LogP) is 2.61. The lowest BCUT2D eigenvalue weighted by Crippen LogP contribution is -1.77. The Morgan fingerprint density at radius 1 is 1.20 bits per heavy atom. The molecule has 2 aromatic heterocycles. The summed E-state index contributed by atoms with van der Waals surface area (Å²) in [4.78, 5) is 14.1. The maximum absolute atomic E-state index is 5.72. The first kappa shape index (κ1) is 8.49. The van der Waals surface area contributed by atoms with Crippen molar-refractivity contribution in [2.75, 3.05) is 0 Å². The third kappa shape index (κ3) is 1.39. The van der Waals surface area contributed by atoms with Gasteiger partial charge in [-0.2, -0.15) is 0 Å². The van der Waals surface area contributed by atoms with E-state index in [0.717, 1.165) is 22.3 Å². The lowest BCUT2D eigenvalue weighted by atomic mass is 10.1. The maximum atomic E-state index is 5.72. The molecule has 0 amide bonds. The predicted molar refractivity (Wildman–Crippen MR) is 58.7 cm³/mol. The van der Waals surface area contributed by atoms with Crippen LogP contribution in [-0.2, 0) is 0 Å². The number of H-pyrrole nitrogens is 2. The molecule has 0 saturated heterocycles. The molecule has 0 fully saturated rings. The molecule has 0 aliphatic rings. The number of nitrogens with zero attached hydrogens (tertiary/aromatic N) is 2. The topological polar surface area (TPSA) is 57.4 Å². The Labute approximate surface area is 90.3 Å². The number of aromatic nitrogens is 4. The van der Waals surface area contributed by atoms with Crippen molar-refractivity contribution in [1.82, 2.24) is 19.9 Å². The molecule has 5 heteroatoms. The van der Waals surface area contributed by atoms with Gasteiger partial charge < -0.3 is 9.97 Å². The highest BCUT2D eigenvalue weighted by molar-refractivity contribution is 6.28. The van der Waals surface area contributed by atoms with Gasteiger partial charge in [-0.3, -0.25) is 0 Å². The first-order chi connectivity index (χ1) is 7.33. The third-order valence-corrected chi connectivity index (χ3v) is 2.47. The summed E-state index contributed by atoms with van der Waals surface area (Å²) in [6, 6.07) is 5.94. The minimum atomic E-state index is 0.398. The van der Waals surface area contributed by atoms with Crippen molar-refractivity contribution < 1.29 is 0 Å². The van der Waals surface area contributed by atoms with Crippen LogP contribution in [0, 0.1) is 0 Å². The smallest absolute Gasteiger partial charge is 0.200 e. The summed E-state index contributed by atoms with van der Waals surface area (Å²) in [7, 11) is 0. The lowest BCUT2D eigenvalue weighted by molar-refractivity contribution is 1.31. The lowest BCUT2D eigenvalue weighted by Gasteiger charge is -1.96. The van der Waals surface area contributed by atoms with E-state index >= 15 is 0 Å². The van der Waals surface area contributed by atoms with Gasteiger partial charge in [-0.15, -0.1) is 0 Å². The van der Waals surface area contributed by atoms with E-state index in [0.29, 0.717) is 5.28 Å². The first-order valence-corrected chi connectivity index (χ1v) is 4.85. The third-order valence-electron chi connectivity index (χ3n) is 2.28. The molecule has 2 heterocycles. The Morgan fingerprint density at radius 3 is 2.93 bits per heavy atom. The molecule has 0 unspecified atom stereocenters. The van der Waals surface area contributed by atoms with E-state index in [1.54, 1.807) is 12.5 Å². The van der Waals surface area contributed by atoms with Gasteiger partial charge >= 0.3 is 0 Å². The molecule has 0 aliphatic heterocycles. The summed E-state index contributed by atoms with van der Waals surface area (Å²) in [6.07, 6.45) is 3.38. The van der Waals surface area contributed by atoms with Crippen LogP contribution < -0.4 is 0 Å². The minimum absolute atomic E-state index is 0.398. The van der Waals surface area contributed by atoms with Gasteiger partial charge in [0.15, 0.2) is 5.28 Å². The maximum Gasteiger partial charge on any atom is 0.200 e. The van der Waals surface area contributed by atoms with Gasteiger partial charge in [0.25, 0.3) is 0 Å². The van der Waals surface area contributed by atoms with Crippen LogP contribution in [0.25, 0.3) is 22.3 Å². The molecule has 15 heavy (non-hydrogen) atoms. The molecule has 3 rings (SSSR count). The van der Waals surface area contributed by atoms with Crippen molar-refractivity contribution in [1.29, 1.82) is 0 Å². The normalized spacial score (nSPS) is 11.0. The van der Waals surface area contributed by atoms with Crippen molar-refractivity contribution in [3.8, 4) is 11.3 Å². The minimum Gasteiger partial charge on any atom is -0.345 e. The molecular formula is C10H7ClN4.